The third-order valence-corrected chi connectivity index (χ3v) is 2.41. The molecule has 0 saturated heterocycles. The lowest BCUT2D eigenvalue weighted by atomic mass is 10.1. The van der Waals surface area contributed by atoms with Gasteiger partial charge in [0.1, 0.15) is 0 Å². The van der Waals surface area contributed by atoms with E-state index in [9.17, 15) is 0 Å². The van der Waals surface area contributed by atoms with Crippen LogP contribution in [0.1, 0.15) is 0 Å². The molecule has 1 heterocycles. The Kier molecular flexibility index (Phi) is 1.51. The summed E-state index contributed by atoms with van der Waals surface area (Å²) in [6, 6.07) is 17.5. The van der Waals surface area contributed by atoms with Crippen molar-refractivity contribution in [2.24, 2.45) is 0 Å². The van der Waals surface area contributed by atoms with E-state index in [-0.39, 0.29) is 0 Å². The molecule has 0 radical (unpaired) electrons. The Morgan fingerprint density at radius 3 is 2.79 bits per heavy atom. The van der Waals surface area contributed by atoms with Gasteiger partial charge < -0.3 is 4.98 Å². The molecule has 1 aromatic heterocycles. The third-order valence-electron chi connectivity index (χ3n) is 2.41. The molecule has 1 nitrogen and oxygen atoms in total. The summed E-state index contributed by atoms with van der Waals surface area (Å²) >= 11 is 0. The maximum absolute atomic E-state index is 4.38. The van der Waals surface area contributed by atoms with Crippen LogP contribution in [-0.4, -0.2) is 4.98 Å². The van der Waals surface area contributed by atoms with Gasteiger partial charge in [-0.1, -0.05) is 18.2 Å². The zero-order valence-corrected chi connectivity index (χ0v) is 7.57. The Labute approximate surface area is 82.0 Å². The van der Waals surface area contributed by atoms with Gasteiger partial charge in [0.2, 0.25) is 0 Å². The zero-order valence-electron chi connectivity index (χ0n) is 7.57. The first-order chi connectivity index (χ1) is 6.95. The Bertz CT molecular complexity index is 544. The highest BCUT2D eigenvalue weighted by Crippen LogP contribution is 2.22. The van der Waals surface area contributed by atoms with Crippen LogP contribution in [0.3, 0.4) is 0 Å². The fraction of sp³-hybridized carbons (Fsp3) is 0. The van der Waals surface area contributed by atoms with Gasteiger partial charge in [0.25, 0.3) is 0 Å². The molecule has 66 valence electrons. The average molecular weight is 178 g/mol. The summed E-state index contributed by atoms with van der Waals surface area (Å²) in [7, 11) is 0. The molecular formula is C13H8N-. The Morgan fingerprint density at radius 2 is 1.79 bits per heavy atom. The number of benzene rings is 2. The first-order valence-corrected chi connectivity index (χ1v) is 4.59. The monoisotopic (exact) mass is 178 g/mol. The first-order valence-electron chi connectivity index (χ1n) is 4.59. The molecule has 0 saturated carbocycles. The van der Waals surface area contributed by atoms with Gasteiger partial charge in [0.15, 0.2) is 0 Å². The summed E-state index contributed by atoms with van der Waals surface area (Å²) in [6.45, 7) is 0. The van der Waals surface area contributed by atoms with Crippen molar-refractivity contribution in [3.8, 4) is 0 Å². The second-order valence-corrected chi connectivity index (χ2v) is 3.28. The van der Waals surface area contributed by atoms with E-state index in [0.717, 1.165) is 10.9 Å². The molecule has 0 aliphatic carbocycles. The summed E-state index contributed by atoms with van der Waals surface area (Å²) in [5, 5.41) is 3.46. The van der Waals surface area contributed by atoms with Crippen LogP contribution >= 0.6 is 0 Å². The summed E-state index contributed by atoms with van der Waals surface area (Å²) in [6.07, 6.45) is 1.82. The van der Waals surface area contributed by atoms with E-state index in [1.54, 1.807) is 0 Å². The summed E-state index contributed by atoms with van der Waals surface area (Å²) in [4.78, 5) is 4.38. The molecule has 0 atom stereocenters. The highest BCUT2D eigenvalue weighted by Gasteiger charge is 1.91. The summed E-state index contributed by atoms with van der Waals surface area (Å²) in [5.74, 6) is 0. The van der Waals surface area contributed by atoms with Gasteiger partial charge in [-0.3, -0.25) is 0 Å². The smallest absolute Gasteiger partial charge is 0.0161 e. The Balaban J connectivity index is 2.61. The molecule has 2 aromatic carbocycles. The molecule has 3 aromatic rings. The molecule has 0 N–H and O–H groups in total. The topological polar surface area (TPSA) is 12.9 Å². The fourth-order valence-corrected chi connectivity index (χ4v) is 1.73. The van der Waals surface area contributed by atoms with E-state index < -0.39 is 0 Å². The van der Waals surface area contributed by atoms with Crippen LogP contribution in [0.15, 0.2) is 48.7 Å². The van der Waals surface area contributed by atoms with Crippen LogP contribution in [0.4, 0.5) is 0 Å². The van der Waals surface area contributed by atoms with Crippen molar-refractivity contribution >= 4 is 21.7 Å². The number of rotatable bonds is 0. The Hall–Kier alpha value is -1.89. The van der Waals surface area contributed by atoms with Gasteiger partial charge in [-0.15, -0.1) is 35.0 Å². The predicted molar refractivity (Wildman–Crippen MR) is 58.1 cm³/mol. The summed E-state index contributed by atoms with van der Waals surface area (Å²) in [5.41, 5.74) is 1.03. The maximum Gasteiger partial charge on any atom is 0.0161 e. The first kappa shape index (κ1) is 7.51. The van der Waals surface area contributed by atoms with Crippen molar-refractivity contribution in [3.05, 3.63) is 54.7 Å². The lowest BCUT2D eigenvalue weighted by Gasteiger charge is -2.08. The molecule has 14 heavy (non-hydrogen) atoms. The van der Waals surface area contributed by atoms with E-state index in [2.05, 4.69) is 35.3 Å². The van der Waals surface area contributed by atoms with Gasteiger partial charge in [0.05, 0.1) is 0 Å². The molecular weight excluding hydrogens is 170 g/mol. The molecule has 0 aliphatic rings. The number of aromatic nitrogens is 1. The maximum atomic E-state index is 4.38. The van der Waals surface area contributed by atoms with Crippen LogP contribution in [0.25, 0.3) is 21.7 Å². The van der Waals surface area contributed by atoms with Crippen LogP contribution < -0.4 is 0 Å². The number of pyridine rings is 1. The highest BCUT2D eigenvalue weighted by atomic mass is 14.6. The molecule has 0 bridgehead atoms. The number of nitrogens with zero attached hydrogens (tertiary/aromatic N) is 1. The van der Waals surface area contributed by atoms with Crippen molar-refractivity contribution in [1.82, 2.24) is 4.98 Å². The highest BCUT2D eigenvalue weighted by molar-refractivity contribution is 6.04. The standard InChI is InChI=1S/C13H8N/c1-2-6-12-10(4-1)7-8-11-5-3-9-14-13(11)12/h1-5,7-9H/q-1. The minimum atomic E-state index is 1.03. The van der Waals surface area contributed by atoms with Crippen molar-refractivity contribution in [3.63, 3.8) is 0 Å². The molecule has 1 heteroatoms. The van der Waals surface area contributed by atoms with E-state index in [1.165, 1.54) is 10.8 Å². The molecule has 0 amide bonds. The largest absolute Gasteiger partial charge is 0.304 e. The average Bonchev–Trinajstić information content (AvgIpc) is 2.29. The fourth-order valence-electron chi connectivity index (χ4n) is 1.73. The van der Waals surface area contributed by atoms with Crippen LogP contribution in [0.2, 0.25) is 0 Å². The van der Waals surface area contributed by atoms with Gasteiger partial charge in [-0.25, -0.2) is 0 Å². The van der Waals surface area contributed by atoms with Gasteiger partial charge in [-0.05, 0) is 17.0 Å². The third kappa shape index (κ3) is 0.990. The second kappa shape index (κ2) is 2.81. The van der Waals surface area contributed by atoms with E-state index in [1.807, 2.05) is 24.4 Å². The Morgan fingerprint density at radius 1 is 0.929 bits per heavy atom. The molecule has 3 rings (SSSR count). The SMILES string of the molecule is [c-]1cccc2ccc3cccnc3c12. The van der Waals surface area contributed by atoms with Crippen molar-refractivity contribution in [2.45, 2.75) is 0 Å². The van der Waals surface area contributed by atoms with Crippen LogP contribution in [-0.2, 0) is 0 Å². The predicted octanol–water partition coefficient (Wildman–Crippen LogP) is 3.19. The number of fused-ring (bicyclic) bond motifs is 3. The molecule has 0 unspecified atom stereocenters. The zero-order chi connectivity index (χ0) is 9.38. The molecule has 0 aliphatic heterocycles. The van der Waals surface area contributed by atoms with E-state index in [0.29, 0.717) is 0 Å². The summed E-state index contributed by atoms with van der Waals surface area (Å²) < 4.78 is 0. The van der Waals surface area contributed by atoms with Crippen molar-refractivity contribution < 1.29 is 0 Å². The molecule has 0 fully saturated rings. The lowest BCUT2D eigenvalue weighted by molar-refractivity contribution is 1.43. The number of hydrogen-bond acceptors (Lipinski definition) is 1. The van der Waals surface area contributed by atoms with Crippen LogP contribution in [0, 0.1) is 6.07 Å². The van der Waals surface area contributed by atoms with Crippen molar-refractivity contribution in [1.29, 1.82) is 0 Å². The quantitative estimate of drug-likeness (QED) is 0.380. The second-order valence-electron chi connectivity index (χ2n) is 3.28. The minimum absolute atomic E-state index is 1.03. The van der Waals surface area contributed by atoms with Gasteiger partial charge >= 0.3 is 0 Å². The number of hydrogen-bond donors (Lipinski definition) is 0. The van der Waals surface area contributed by atoms with E-state index >= 15 is 0 Å². The minimum Gasteiger partial charge on any atom is -0.304 e. The van der Waals surface area contributed by atoms with Gasteiger partial charge in [-0.2, -0.15) is 0 Å². The van der Waals surface area contributed by atoms with Gasteiger partial charge in [0, 0.05) is 6.20 Å². The lowest BCUT2D eigenvalue weighted by Crippen LogP contribution is -1.80. The van der Waals surface area contributed by atoms with E-state index in [4.69, 9.17) is 0 Å². The van der Waals surface area contributed by atoms with Crippen molar-refractivity contribution in [2.75, 3.05) is 0 Å². The molecule has 0 spiro atoms. The normalized spacial score (nSPS) is 10.9. The van der Waals surface area contributed by atoms with Crippen LogP contribution in [0.5, 0.6) is 0 Å².